The van der Waals surface area contributed by atoms with Crippen LogP contribution in [0.2, 0.25) is 0 Å². The van der Waals surface area contributed by atoms with Gasteiger partial charge in [-0.05, 0) is 39.7 Å². The maximum absolute atomic E-state index is 14.0. The van der Waals surface area contributed by atoms with Gasteiger partial charge in [0.1, 0.15) is 17.7 Å². The number of anilines is 1. The molecule has 0 bridgehead atoms. The zero-order valence-corrected chi connectivity index (χ0v) is 12.4. The Kier molecular flexibility index (Phi) is 3.65. The summed E-state index contributed by atoms with van der Waals surface area (Å²) in [7, 11) is 0. The molecule has 2 N–H and O–H groups in total. The molecule has 1 atom stereocenters. The molecule has 21 heavy (non-hydrogen) atoms. The Morgan fingerprint density at radius 2 is 2.14 bits per heavy atom. The molecule has 1 heterocycles. The number of halogens is 2. The van der Waals surface area contributed by atoms with Crippen LogP contribution in [0.1, 0.15) is 17.2 Å². The zero-order valence-electron chi connectivity index (χ0n) is 10.8. The third-order valence-electron chi connectivity index (χ3n) is 3.23. The molecular formula is C15H11BrFNO3. The molecule has 2 aromatic carbocycles. The highest BCUT2D eigenvalue weighted by Gasteiger charge is 2.21. The lowest BCUT2D eigenvalue weighted by molar-refractivity contribution is -0.118. The predicted molar refractivity (Wildman–Crippen MR) is 78.7 cm³/mol. The monoisotopic (exact) mass is 351 g/mol. The Bertz CT molecular complexity index is 720. The fourth-order valence-electron chi connectivity index (χ4n) is 2.18. The molecule has 3 rings (SSSR count). The number of aliphatic hydroxyl groups is 1. The van der Waals surface area contributed by atoms with Gasteiger partial charge in [-0.1, -0.05) is 18.2 Å². The van der Waals surface area contributed by atoms with Crippen LogP contribution in [0.4, 0.5) is 10.1 Å². The van der Waals surface area contributed by atoms with E-state index in [4.69, 9.17) is 4.74 Å². The van der Waals surface area contributed by atoms with Gasteiger partial charge in [0.25, 0.3) is 5.91 Å². The van der Waals surface area contributed by atoms with Crippen molar-refractivity contribution in [1.82, 2.24) is 0 Å². The van der Waals surface area contributed by atoms with Gasteiger partial charge in [-0.15, -0.1) is 0 Å². The average molecular weight is 352 g/mol. The Morgan fingerprint density at radius 3 is 2.95 bits per heavy atom. The van der Waals surface area contributed by atoms with Gasteiger partial charge in [0.05, 0.1) is 10.2 Å². The summed E-state index contributed by atoms with van der Waals surface area (Å²) >= 11 is 3.09. The maximum atomic E-state index is 14.0. The van der Waals surface area contributed by atoms with Crippen LogP contribution < -0.4 is 10.1 Å². The van der Waals surface area contributed by atoms with E-state index >= 15 is 0 Å². The first-order valence-electron chi connectivity index (χ1n) is 6.25. The Morgan fingerprint density at radius 1 is 1.33 bits per heavy atom. The molecule has 1 amide bonds. The smallest absolute Gasteiger partial charge is 0.262 e. The molecule has 108 valence electrons. The highest BCUT2D eigenvalue weighted by Crippen LogP contribution is 2.34. The molecule has 1 unspecified atom stereocenters. The largest absolute Gasteiger partial charge is 0.482 e. The summed E-state index contributed by atoms with van der Waals surface area (Å²) in [5.41, 5.74) is 1.10. The quantitative estimate of drug-likeness (QED) is 0.874. The molecule has 4 nitrogen and oxygen atoms in total. The van der Waals surface area contributed by atoms with Crippen molar-refractivity contribution < 1.29 is 19.0 Å². The minimum Gasteiger partial charge on any atom is -0.482 e. The molecule has 6 heteroatoms. The summed E-state index contributed by atoms with van der Waals surface area (Å²) in [5, 5.41) is 13.0. The summed E-state index contributed by atoms with van der Waals surface area (Å²) in [4.78, 5) is 11.3. The van der Waals surface area contributed by atoms with Gasteiger partial charge in [-0.25, -0.2) is 4.39 Å². The van der Waals surface area contributed by atoms with Crippen molar-refractivity contribution in [3.8, 4) is 5.75 Å². The molecule has 0 aliphatic carbocycles. The van der Waals surface area contributed by atoms with Crippen LogP contribution in [-0.4, -0.2) is 17.6 Å². The van der Waals surface area contributed by atoms with Gasteiger partial charge in [0, 0.05) is 5.56 Å². The van der Waals surface area contributed by atoms with Crippen molar-refractivity contribution >= 4 is 27.5 Å². The Hall–Kier alpha value is -1.92. The van der Waals surface area contributed by atoms with E-state index in [2.05, 4.69) is 21.2 Å². The van der Waals surface area contributed by atoms with Crippen LogP contribution >= 0.6 is 15.9 Å². The number of aliphatic hydroxyl groups excluding tert-OH is 1. The zero-order chi connectivity index (χ0) is 15.0. The maximum Gasteiger partial charge on any atom is 0.262 e. The van der Waals surface area contributed by atoms with Crippen molar-refractivity contribution in [2.24, 2.45) is 0 Å². The second-order valence-corrected chi connectivity index (χ2v) is 5.49. The molecule has 1 aliphatic rings. The second-order valence-electron chi connectivity index (χ2n) is 4.64. The molecule has 0 radical (unpaired) electrons. The fraction of sp³-hybridized carbons (Fsp3) is 0.133. The first-order valence-corrected chi connectivity index (χ1v) is 7.04. The third-order valence-corrected chi connectivity index (χ3v) is 3.84. The van der Waals surface area contributed by atoms with Crippen LogP contribution in [0, 0.1) is 5.82 Å². The van der Waals surface area contributed by atoms with E-state index in [0.717, 1.165) is 0 Å². The van der Waals surface area contributed by atoms with E-state index in [9.17, 15) is 14.3 Å². The van der Waals surface area contributed by atoms with Crippen LogP contribution in [-0.2, 0) is 4.79 Å². The number of benzene rings is 2. The lowest BCUT2D eigenvalue weighted by Gasteiger charge is -2.20. The number of hydrogen-bond acceptors (Lipinski definition) is 3. The third kappa shape index (κ3) is 2.64. The second kappa shape index (κ2) is 5.46. The van der Waals surface area contributed by atoms with E-state index in [1.165, 1.54) is 6.07 Å². The molecule has 0 saturated carbocycles. The molecule has 0 fully saturated rings. The van der Waals surface area contributed by atoms with Crippen molar-refractivity contribution in [2.45, 2.75) is 6.10 Å². The van der Waals surface area contributed by atoms with Crippen molar-refractivity contribution in [3.63, 3.8) is 0 Å². The topological polar surface area (TPSA) is 58.6 Å². The molecule has 1 aliphatic heterocycles. The number of ether oxygens (including phenoxy) is 1. The highest BCUT2D eigenvalue weighted by atomic mass is 79.9. The number of carbonyl (C=O) groups is 1. The molecule has 0 aromatic heterocycles. The van der Waals surface area contributed by atoms with Gasteiger partial charge >= 0.3 is 0 Å². The number of fused-ring (bicyclic) bond motifs is 1. The molecule has 0 spiro atoms. The first-order chi connectivity index (χ1) is 10.1. The summed E-state index contributed by atoms with van der Waals surface area (Å²) in [6.45, 7) is -0.0326. The Labute approximate surface area is 128 Å². The highest BCUT2D eigenvalue weighted by molar-refractivity contribution is 9.10. The minimum absolute atomic E-state index is 0.0326. The molecule has 0 saturated heterocycles. The van der Waals surface area contributed by atoms with Crippen molar-refractivity contribution in [2.75, 3.05) is 11.9 Å². The minimum atomic E-state index is -1.13. The SMILES string of the molecule is O=C1COc2ccc(C(O)c3cccc(Br)c3F)cc2N1. The van der Waals surface area contributed by atoms with E-state index < -0.39 is 11.9 Å². The van der Waals surface area contributed by atoms with Crippen LogP contribution in [0.3, 0.4) is 0 Å². The lowest BCUT2D eigenvalue weighted by Crippen LogP contribution is -2.25. The average Bonchev–Trinajstić information content (AvgIpc) is 2.48. The summed E-state index contributed by atoms with van der Waals surface area (Å²) in [6.07, 6.45) is -1.13. The van der Waals surface area contributed by atoms with E-state index in [1.54, 1.807) is 30.3 Å². The van der Waals surface area contributed by atoms with Gasteiger partial charge in [-0.2, -0.15) is 0 Å². The number of nitrogens with one attached hydrogen (secondary N) is 1. The van der Waals surface area contributed by atoms with Gasteiger partial charge < -0.3 is 15.2 Å². The first kappa shape index (κ1) is 14.0. The van der Waals surface area contributed by atoms with Gasteiger partial charge in [-0.3, -0.25) is 4.79 Å². The Balaban J connectivity index is 1.98. The predicted octanol–water partition coefficient (Wildman–Crippen LogP) is 3.00. The molecule has 2 aromatic rings. The van der Waals surface area contributed by atoms with Gasteiger partial charge in [0.15, 0.2) is 6.61 Å². The summed E-state index contributed by atoms with van der Waals surface area (Å²) < 4.78 is 19.6. The van der Waals surface area contributed by atoms with Crippen LogP contribution in [0.15, 0.2) is 40.9 Å². The van der Waals surface area contributed by atoms with Crippen molar-refractivity contribution in [3.05, 3.63) is 57.8 Å². The van der Waals surface area contributed by atoms with Crippen LogP contribution in [0.5, 0.6) is 5.75 Å². The molecular weight excluding hydrogens is 341 g/mol. The summed E-state index contributed by atoms with van der Waals surface area (Å²) in [6, 6.07) is 9.59. The van der Waals surface area contributed by atoms with Crippen LogP contribution in [0.25, 0.3) is 0 Å². The van der Waals surface area contributed by atoms with Crippen molar-refractivity contribution in [1.29, 1.82) is 0 Å². The lowest BCUT2D eigenvalue weighted by atomic mass is 10.00. The number of rotatable bonds is 2. The van der Waals surface area contributed by atoms with E-state index in [-0.39, 0.29) is 22.6 Å². The fourth-order valence-corrected chi connectivity index (χ4v) is 2.56. The van der Waals surface area contributed by atoms with Gasteiger partial charge in [0.2, 0.25) is 0 Å². The van der Waals surface area contributed by atoms with E-state index in [0.29, 0.717) is 17.0 Å². The number of hydrogen-bond donors (Lipinski definition) is 2. The normalized spacial score (nSPS) is 14.9. The van der Waals surface area contributed by atoms with E-state index in [1.807, 2.05) is 0 Å². The summed E-state index contributed by atoms with van der Waals surface area (Å²) in [5.74, 6) is -0.244. The standard InChI is InChI=1S/C15H11BrFNO3/c16-10-3-1-2-9(14(10)17)15(20)8-4-5-12-11(6-8)18-13(19)7-21-12/h1-6,15,20H,7H2,(H,18,19). The number of amides is 1. The number of carbonyl (C=O) groups excluding carboxylic acids is 1.